The van der Waals surface area contributed by atoms with Crippen LogP contribution in [0.3, 0.4) is 0 Å². The summed E-state index contributed by atoms with van der Waals surface area (Å²) < 4.78 is 10.8. The molecule has 1 heterocycles. The van der Waals surface area contributed by atoms with Crippen LogP contribution in [0.1, 0.15) is 17.6 Å². The van der Waals surface area contributed by atoms with E-state index in [1.54, 1.807) is 18.4 Å². The van der Waals surface area contributed by atoms with Gasteiger partial charge >= 0.3 is 0 Å². The fourth-order valence-corrected chi connectivity index (χ4v) is 2.32. The van der Waals surface area contributed by atoms with Crippen LogP contribution in [0.4, 0.5) is 0 Å². The van der Waals surface area contributed by atoms with Crippen LogP contribution in [0.2, 0.25) is 0 Å². The standard InChI is InChI=1S/C14H18N2O2S/c1-3-15-8-14-16-11(10-19-14)9-18-13-6-4-5-12(7-13)17-2/h4-7,10,15H,3,8-9H2,1-2H3. The summed E-state index contributed by atoms with van der Waals surface area (Å²) in [5, 5.41) is 6.38. The molecule has 0 saturated carbocycles. The van der Waals surface area contributed by atoms with Crippen molar-refractivity contribution in [3.8, 4) is 11.5 Å². The molecule has 1 N–H and O–H groups in total. The van der Waals surface area contributed by atoms with E-state index in [0.717, 1.165) is 35.3 Å². The van der Waals surface area contributed by atoms with Crippen LogP contribution >= 0.6 is 11.3 Å². The van der Waals surface area contributed by atoms with Gasteiger partial charge in [0.1, 0.15) is 23.1 Å². The lowest BCUT2D eigenvalue weighted by Crippen LogP contribution is -2.11. The van der Waals surface area contributed by atoms with Crippen molar-refractivity contribution < 1.29 is 9.47 Å². The molecule has 1 aromatic heterocycles. The van der Waals surface area contributed by atoms with Crippen LogP contribution in [-0.4, -0.2) is 18.6 Å². The third kappa shape index (κ3) is 4.22. The van der Waals surface area contributed by atoms with Gasteiger partial charge < -0.3 is 14.8 Å². The van der Waals surface area contributed by atoms with Crippen molar-refractivity contribution in [2.75, 3.05) is 13.7 Å². The summed E-state index contributed by atoms with van der Waals surface area (Å²) in [5.41, 5.74) is 0.959. The Hall–Kier alpha value is -1.59. The highest BCUT2D eigenvalue weighted by atomic mass is 32.1. The highest BCUT2D eigenvalue weighted by molar-refractivity contribution is 7.09. The first-order chi connectivity index (χ1) is 9.31. The van der Waals surface area contributed by atoms with Gasteiger partial charge in [-0.1, -0.05) is 13.0 Å². The molecule has 0 atom stereocenters. The van der Waals surface area contributed by atoms with Crippen LogP contribution in [0.25, 0.3) is 0 Å². The number of methoxy groups -OCH3 is 1. The number of ether oxygens (including phenoxy) is 2. The first-order valence-corrected chi connectivity index (χ1v) is 7.10. The maximum absolute atomic E-state index is 5.70. The van der Waals surface area contributed by atoms with E-state index in [2.05, 4.69) is 17.2 Å². The summed E-state index contributed by atoms with van der Waals surface area (Å²) in [6, 6.07) is 7.58. The molecule has 0 bridgehead atoms. The average Bonchev–Trinajstić information content (AvgIpc) is 2.91. The molecule has 102 valence electrons. The Morgan fingerprint density at radius 1 is 1.32 bits per heavy atom. The lowest BCUT2D eigenvalue weighted by Gasteiger charge is -2.06. The van der Waals surface area contributed by atoms with Gasteiger partial charge in [-0.15, -0.1) is 11.3 Å². The molecule has 0 radical (unpaired) electrons. The van der Waals surface area contributed by atoms with E-state index < -0.39 is 0 Å². The summed E-state index contributed by atoms with van der Waals surface area (Å²) in [6.07, 6.45) is 0. The van der Waals surface area contributed by atoms with Gasteiger partial charge in [-0.25, -0.2) is 4.98 Å². The minimum atomic E-state index is 0.482. The van der Waals surface area contributed by atoms with Gasteiger partial charge in [-0.05, 0) is 18.7 Å². The largest absolute Gasteiger partial charge is 0.497 e. The van der Waals surface area contributed by atoms with E-state index in [-0.39, 0.29) is 0 Å². The van der Waals surface area contributed by atoms with Crippen LogP contribution in [0.5, 0.6) is 11.5 Å². The van der Waals surface area contributed by atoms with Crippen LogP contribution in [0, 0.1) is 0 Å². The van der Waals surface area contributed by atoms with E-state index in [1.165, 1.54) is 0 Å². The second-order valence-corrected chi connectivity index (χ2v) is 4.92. The molecule has 0 unspecified atom stereocenters. The van der Waals surface area contributed by atoms with Crippen molar-refractivity contribution in [3.63, 3.8) is 0 Å². The SMILES string of the molecule is CCNCc1nc(COc2cccc(OC)c2)cs1. The summed E-state index contributed by atoms with van der Waals surface area (Å²) in [4.78, 5) is 4.51. The molecule has 0 saturated heterocycles. The first kappa shape index (κ1) is 13.8. The Balaban J connectivity index is 1.89. The molecule has 1 aromatic carbocycles. The van der Waals surface area contributed by atoms with Crippen molar-refractivity contribution in [2.45, 2.75) is 20.1 Å². The third-order valence-electron chi connectivity index (χ3n) is 2.55. The Kier molecular flexibility index (Phi) is 5.18. The maximum atomic E-state index is 5.70. The molecule has 4 nitrogen and oxygen atoms in total. The van der Waals surface area contributed by atoms with Crippen molar-refractivity contribution in [3.05, 3.63) is 40.3 Å². The normalized spacial score (nSPS) is 10.4. The number of benzene rings is 1. The highest BCUT2D eigenvalue weighted by Gasteiger charge is 2.03. The molecule has 2 aromatic rings. The van der Waals surface area contributed by atoms with Gasteiger partial charge in [0.05, 0.1) is 12.8 Å². The fourth-order valence-electron chi connectivity index (χ4n) is 1.58. The number of nitrogens with zero attached hydrogens (tertiary/aromatic N) is 1. The van der Waals surface area contributed by atoms with Crippen LogP contribution in [-0.2, 0) is 13.2 Å². The Morgan fingerprint density at radius 3 is 2.95 bits per heavy atom. The molecule has 5 heteroatoms. The lowest BCUT2D eigenvalue weighted by molar-refractivity contribution is 0.299. The lowest BCUT2D eigenvalue weighted by atomic mass is 10.3. The van der Waals surface area contributed by atoms with Gasteiger partial charge in [-0.3, -0.25) is 0 Å². The van der Waals surface area contributed by atoms with Gasteiger partial charge in [0, 0.05) is 18.0 Å². The zero-order chi connectivity index (χ0) is 13.5. The van der Waals surface area contributed by atoms with Crippen molar-refractivity contribution in [1.82, 2.24) is 10.3 Å². The summed E-state index contributed by atoms with van der Waals surface area (Å²) in [6.45, 7) is 4.34. The molecule has 0 aliphatic heterocycles. The number of hydrogen-bond acceptors (Lipinski definition) is 5. The van der Waals surface area contributed by atoms with Crippen LogP contribution in [0.15, 0.2) is 29.6 Å². The average molecular weight is 278 g/mol. The number of aromatic nitrogens is 1. The van der Waals surface area contributed by atoms with Gasteiger partial charge in [0.2, 0.25) is 0 Å². The Bertz CT molecular complexity index is 514. The minimum Gasteiger partial charge on any atom is -0.497 e. The molecule has 2 rings (SSSR count). The molecule has 0 fully saturated rings. The predicted octanol–water partition coefficient (Wildman–Crippen LogP) is 2.84. The topological polar surface area (TPSA) is 43.4 Å². The molecular formula is C14H18N2O2S. The first-order valence-electron chi connectivity index (χ1n) is 6.22. The molecule has 0 aliphatic carbocycles. The van der Waals surface area contributed by atoms with E-state index in [1.807, 2.05) is 29.6 Å². The van der Waals surface area contributed by atoms with Crippen molar-refractivity contribution in [1.29, 1.82) is 0 Å². The zero-order valence-electron chi connectivity index (χ0n) is 11.2. The summed E-state index contributed by atoms with van der Waals surface area (Å²) in [7, 11) is 1.65. The number of rotatable bonds is 7. The minimum absolute atomic E-state index is 0.482. The van der Waals surface area contributed by atoms with Gasteiger partial charge in [0.25, 0.3) is 0 Å². The quantitative estimate of drug-likeness (QED) is 0.846. The number of hydrogen-bond donors (Lipinski definition) is 1. The summed E-state index contributed by atoms with van der Waals surface area (Å²) >= 11 is 1.65. The molecule has 0 aliphatic rings. The van der Waals surface area contributed by atoms with Crippen molar-refractivity contribution >= 4 is 11.3 Å². The van der Waals surface area contributed by atoms with E-state index >= 15 is 0 Å². The maximum Gasteiger partial charge on any atom is 0.131 e. The molecule has 0 amide bonds. The third-order valence-corrected chi connectivity index (χ3v) is 3.45. The molecule has 19 heavy (non-hydrogen) atoms. The van der Waals surface area contributed by atoms with Gasteiger partial charge in [-0.2, -0.15) is 0 Å². The zero-order valence-corrected chi connectivity index (χ0v) is 12.0. The Labute approximate surface area is 117 Å². The highest BCUT2D eigenvalue weighted by Crippen LogP contribution is 2.20. The second-order valence-electron chi connectivity index (χ2n) is 3.98. The smallest absolute Gasteiger partial charge is 0.131 e. The fraction of sp³-hybridized carbons (Fsp3) is 0.357. The van der Waals surface area contributed by atoms with Crippen molar-refractivity contribution in [2.24, 2.45) is 0 Å². The van der Waals surface area contributed by atoms with Gasteiger partial charge in [0.15, 0.2) is 0 Å². The van der Waals surface area contributed by atoms with E-state index in [9.17, 15) is 0 Å². The van der Waals surface area contributed by atoms with E-state index in [4.69, 9.17) is 9.47 Å². The molecule has 0 spiro atoms. The molecular weight excluding hydrogens is 260 g/mol. The monoisotopic (exact) mass is 278 g/mol. The van der Waals surface area contributed by atoms with Crippen LogP contribution < -0.4 is 14.8 Å². The summed E-state index contributed by atoms with van der Waals surface area (Å²) in [5.74, 6) is 1.59. The second kappa shape index (κ2) is 7.11. The predicted molar refractivity (Wildman–Crippen MR) is 76.8 cm³/mol. The number of thiazole rings is 1. The Morgan fingerprint density at radius 2 is 2.16 bits per heavy atom. The number of nitrogens with one attached hydrogen (secondary N) is 1. The van der Waals surface area contributed by atoms with E-state index in [0.29, 0.717) is 6.61 Å².